The summed E-state index contributed by atoms with van der Waals surface area (Å²) in [7, 11) is -2.22. The smallest absolute Gasteiger partial charge is 0.240 e. The molecule has 102 valence electrons. The molecular weight excluding hydrogens is 278 g/mol. The van der Waals surface area contributed by atoms with Crippen LogP contribution in [0.25, 0.3) is 0 Å². The highest BCUT2D eigenvalue weighted by atomic mass is 35.5. The highest BCUT2D eigenvalue weighted by molar-refractivity contribution is 7.89. The topological polar surface area (TPSA) is 75.6 Å². The molecule has 1 aromatic rings. The third-order valence-corrected chi connectivity index (χ3v) is 3.89. The first-order valence-electron chi connectivity index (χ1n) is 5.23. The summed E-state index contributed by atoms with van der Waals surface area (Å²) >= 11 is 5.68. The lowest BCUT2D eigenvalue weighted by Gasteiger charge is -2.22. The van der Waals surface area contributed by atoms with Crippen molar-refractivity contribution in [1.29, 1.82) is 0 Å². The van der Waals surface area contributed by atoms with Crippen LogP contribution < -0.4 is 4.72 Å². The summed E-state index contributed by atoms with van der Waals surface area (Å²) in [5.74, 6) is 0. The van der Waals surface area contributed by atoms with E-state index in [1.165, 1.54) is 38.3 Å². The number of rotatable bonds is 6. The molecule has 1 atom stereocenters. The van der Waals surface area contributed by atoms with Crippen LogP contribution in [0.15, 0.2) is 29.2 Å². The van der Waals surface area contributed by atoms with Crippen LogP contribution in [-0.2, 0) is 14.8 Å². The Hall–Kier alpha value is -0.660. The Morgan fingerprint density at radius 1 is 1.39 bits per heavy atom. The van der Waals surface area contributed by atoms with Gasteiger partial charge in [0.1, 0.15) is 0 Å². The molecule has 7 heteroatoms. The summed E-state index contributed by atoms with van der Waals surface area (Å²) < 4.78 is 30.9. The monoisotopic (exact) mass is 293 g/mol. The van der Waals surface area contributed by atoms with E-state index in [1.54, 1.807) is 0 Å². The van der Waals surface area contributed by atoms with Crippen molar-refractivity contribution in [2.24, 2.45) is 0 Å². The zero-order valence-corrected chi connectivity index (χ0v) is 11.8. The van der Waals surface area contributed by atoms with E-state index >= 15 is 0 Å². The van der Waals surface area contributed by atoms with Crippen LogP contribution >= 0.6 is 11.6 Å². The molecule has 0 spiro atoms. The number of benzene rings is 1. The average molecular weight is 294 g/mol. The van der Waals surface area contributed by atoms with Crippen molar-refractivity contribution in [1.82, 2.24) is 4.72 Å². The number of sulfonamides is 1. The number of hydrogen-bond acceptors (Lipinski definition) is 4. The molecule has 0 amide bonds. The van der Waals surface area contributed by atoms with E-state index in [0.29, 0.717) is 5.02 Å². The van der Waals surface area contributed by atoms with Crippen LogP contribution in [0.3, 0.4) is 0 Å². The normalized spacial score (nSPS) is 15.3. The maximum absolute atomic E-state index is 11.9. The maximum Gasteiger partial charge on any atom is 0.240 e. The predicted octanol–water partition coefficient (Wildman–Crippen LogP) is 1.02. The second-order valence-corrected chi connectivity index (χ2v) is 6.41. The SMILES string of the molecule is COCC(C)(O)CNS(=O)(=O)c1ccc(Cl)cc1. The van der Waals surface area contributed by atoms with Gasteiger partial charge in [-0.15, -0.1) is 0 Å². The minimum atomic E-state index is -3.65. The van der Waals surface area contributed by atoms with E-state index in [1.807, 2.05) is 0 Å². The van der Waals surface area contributed by atoms with Gasteiger partial charge >= 0.3 is 0 Å². The van der Waals surface area contributed by atoms with E-state index in [4.69, 9.17) is 16.3 Å². The molecule has 0 saturated carbocycles. The molecule has 18 heavy (non-hydrogen) atoms. The summed E-state index contributed by atoms with van der Waals surface area (Å²) in [6, 6.07) is 5.78. The van der Waals surface area contributed by atoms with Gasteiger partial charge in [-0.1, -0.05) is 11.6 Å². The fourth-order valence-electron chi connectivity index (χ4n) is 1.31. The third kappa shape index (κ3) is 4.55. The van der Waals surface area contributed by atoms with E-state index < -0.39 is 15.6 Å². The molecule has 0 heterocycles. The summed E-state index contributed by atoms with van der Waals surface area (Å²) in [6.07, 6.45) is 0. The van der Waals surface area contributed by atoms with Crippen molar-refractivity contribution in [3.8, 4) is 0 Å². The van der Waals surface area contributed by atoms with Crippen LogP contribution in [0, 0.1) is 0 Å². The molecule has 1 unspecified atom stereocenters. The molecule has 0 bridgehead atoms. The van der Waals surface area contributed by atoms with E-state index in [-0.39, 0.29) is 18.0 Å². The molecule has 1 aromatic carbocycles. The van der Waals surface area contributed by atoms with Crippen molar-refractivity contribution >= 4 is 21.6 Å². The van der Waals surface area contributed by atoms with Crippen molar-refractivity contribution in [2.45, 2.75) is 17.4 Å². The number of aliphatic hydroxyl groups is 1. The maximum atomic E-state index is 11.9. The first-order valence-corrected chi connectivity index (χ1v) is 7.09. The number of halogens is 1. The molecule has 0 aliphatic heterocycles. The molecule has 0 aromatic heterocycles. The van der Waals surface area contributed by atoms with Gasteiger partial charge in [-0.2, -0.15) is 0 Å². The van der Waals surface area contributed by atoms with E-state index in [9.17, 15) is 13.5 Å². The number of ether oxygens (including phenoxy) is 1. The minimum absolute atomic E-state index is 0.0378. The largest absolute Gasteiger partial charge is 0.386 e. The highest BCUT2D eigenvalue weighted by Gasteiger charge is 2.24. The Labute approximate surface area is 112 Å². The highest BCUT2D eigenvalue weighted by Crippen LogP contribution is 2.14. The lowest BCUT2D eigenvalue weighted by atomic mass is 10.1. The van der Waals surface area contributed by atoms with Gasteiger partial charge in [0, 0.05) is 18.7 Å². The van der Waals surface area contributed by atoms with Gasteiger partial charge in [0.15, 0.2) is 0 Å². The number of nitrogens with one attached hydrogen (secondary N) is 1. The molecule has 0 radical (unpaired) electrons. The average Bonchev–Trinajstić information content (AvgIpc) is 2.27. The van der Waals surface area contributed by atoms with Crippen LogP contribution in [0.1, 0.15) is 6.92 Å². The Bertz CT molecular complexity index is 484. The Morgan fingerprint density at radius 3 is 2.44 bits per heavy atom. The van der Waals surface area contributed by atoms with Gasteiger partial charge in [0.05, 0.1) is 17.1 Å². The molecule has 1 rings (SSSR count). The zero-order chi connectivity index (χ0) is 13.8. The Kier molecular flexibility index (Phi) is 5.12. The van der Waals surface area contributed by atoms with Crippen LogP contribution in [-0.4, -0.2) is 39.4 Å². The van der Waals surface area contributed by atoms with Gasteiger partial charge in [0.2, 0.25) is 10.0 Å². The van der Waals surface area contributed by atoms with E-state index in [0.717, 1.165) is 0 Å². The lowest BCUT2D eigenvalue weighted by Crippen LogP contribution is -2.43. The molecule has 0 fully saturated rings. The molecule has 0 aliphatic carbocycles. The summed E-state index contributed by atoms with van der Waals surface area (Å²) in [5.41, 5.74) is -1.26. The van der Waals surface area contributed by atoms with Crippen LogP contribution in [0.5, 0.6) is 0 Å². The van der Waals surface area contributed by atoms with Crippen molar-refractivity contribution in [3.63, 3.8) is 0 Å². The zero-order valence-electron chi connectivity index (χ0n) is 10.2. The molecular formula is C11H16ClNO4S. The van der Waals surface area contributed by atoms with Crippen molar-refractivity contribution in [2.75, 3.05) is 20.3 Å². The summed E-state index contributed by atoms with van der Waals surface area (Å²) in [5, 5.41) is 10.3. The van der Waals surface area contributed by atoms with Gasteiger partial charge in [-0.05, 0) is 31.2 Å². The van der Waals surface area contributed by atoms with Crippen molar-refractivity contribution < 1.29 is 18.3 Å². The van der Waals surface area contributed by atoms with Gasteiger partial charge in [0.25, 0.3) is 0 Å². The van der Waals surface area contributed by atoms with Crippen LogP contribution in [0.4, 0.5) is 0 Å². The quantitative estimate of drug-likeness (QED) is 0.821. The fourth-order valence-corrected chi connectivity index (χ4v) is 2.60. The minimum Gasteiger partial charge on any atom is -0.386 e. The Morgan fingerprint density at radius 2 is 1.94 bits per heavy atom. The second-order valence-electron chi connectivity index (χ2n) is 4.21. The van der Waals surface area contributed by atoms with Crippen LogP contribution in [0.2, 0.25) is 5.02 Å². The number of methoxy groups -OCH3 is 1. The Balaban J connectivity index is 2.74. The molecule has 5 nitrogen and oxygen atoms in total. The van der Waals surface area contributed by atoms with Gasteiger partial charge < -0.3 is 9.84 Å². The second kappa shape index (κ2) is 5.99. The molecule has 0 aliphatic rings. The van der Waals surface area contributed by atoms with E-state index in [2.05, 4.69) is 4.72 Å². The summed E-state index contributed by atoms with van der Waals surface area (Å²) in [4.78, 5) is 0.0973. The fraction of sp³-hybridized carbons (Fsp3) is 0.455. The van der Waals surface area contributed by atoms with Gasteiger partial charge in [-0.25, -0.2) is 13.1 Å². The standard InChI is InChI=1S/C11H16ClNO4S/c1-11(14,8-17-2)7-13-18(15,16)10-5-3-9(12)4-6-10/h3-6,13-14H,7-8H2,1-2H3. The third-order valence-electron chi connectivity index (χ3n) is 2.22. The predicted molar refractivity (Wildman–Crippen MR) is 69.1 cm³/mol. The van der Waals surface area contributed by atoms with Crippen molar-refractivity contribution in [3.05, 3.63) is 29.3 Å². The molecule has 0 saturated heterocycles. The molecule has 2 N–H and O–H groups in total. The first-order chi connectivity index (χ1) is 8.27. The summed E-state index contributed by atoms with van der Waals surface area (Å²) in [6.45, 7) is 1.39. The number of hydrogen-bond donors (Lipinski definition) is 2. The lowest BCUT2D eigenvalue weighted by molar-refractivity contribution is -0.0119. The van der Waals surface area contributed by atoms with Gasteiger partial charge in [-0.3, -0.25) is 0 Å². The first kappa shape index (κ1) is 15.4.